The maximum atomic E-state index is 11.8. The first-order valence-corrected chi connectivity index (χ1v) is 12.8. The maximum absolute atomic E-state index is 11.8. The highest BCUT2D eigenvalue weighted by Crippen LogP contribution is 2.66. The van der Waals surface area contributed by atoms with Crippen molar-refractivity contribution in [1.29, 1.82) is 0 Å². The van der Waals surface area contributed by atoms with Crippen molar-refractivity contribution in [1.82, 2.24) is 14.5 Å². The molecule has 0 spiro atoms. The zero-order chi connectivity index (χ0) is 23.2. The van der Waals surface area contributed by atoms with Gasteiger partial charge in [0.1, 0.15) is 30.3 Å². The van der Waals surface area contributed by atoms with Gasteiger partial charge < -0.3 is 39.1 Å². The number of fused-ring (bicyclic) bond motifs is 1. The molecule has 0 bridgehead atoms. The summed E-state index contributed by atoms with van der Waals surface area (Å²) in [5, 5.41) is 21.2. The molecule has 3 heterocycles. The topological polar surface area (TPSA) is 240 Å². The van der Waals surface area contributed by atoms with Crippen LogP contribution in [0.15, 0.2) is 18.6 Å². The lowest BCUT2D eigenvalue weighted by Crippen LogP contribution is -2.33. The first-order chi connectivity index (χ1) is 14.2. The van der Waals surface area contributed by atoms with E-state index >= 15 is 0 Å². The Hall–Kier alpha value is -1.09. The molecule has 1 saturated heterocycles. The van der Waals surface area contributed by atoms with Gasteiger partial charge in [0, 0.05) is 11.6 Å². The fraction of sp³-hybridized carbons (Fsp3) is 0.500. The second-order valence-corrected chi connectivity index (χ2v) is 10.8. The lowest BCUT2D eigenvalue weighted by Gasteiger charge is -2.19. The van der Waals surface area contributed by atoms with Crippen molar-refractivity contribution in [2.45, 2.75) is 31.5 Å². The fourth-order valence-electron chi connectivity index (χ4n) is 2.87. The lowest BCUT2D eigenvalue weighted by molar-refractivity contribution is -0.0500. The van der Waals surface area contributed by atoms with Gasteiger partial charge in [-0.2, -0.15) is 8.62 Å². The fourth-order valence-corrected chi connectivity index (χ4v) is 5.90. The van der Waals surface area contributed by atoms with Gasteiger partial charge in [-0.05, 0) is 13.0 Å². The minimum absolute atomic E-state index is 0.386. The highest BCUT2D eigenvalue weighted by atomic mass is 31.3. The lowest BCUT2D eigenvalue weighted by atomic mass is 10.1. The van der Waals surface area contributed by atoms with Crippen LogP contribution >= 0.6 is 23.5 Å². The van der Waals surface area contributed by atoms with E-state index in [0.29, 0.717) is 16.7 Å². The third-order valence-corrected chi connectivity index (χ3v) is 7.94. The minimum Gasteiger partial charge on any atom is -0.387 e. The van der Waals surface area contributed by atoms with Gasteiger partial charge >= 0.3 is 23.5 Å². The summed E-state index contributed by atoms with van der Waals surface area (Å²) in [6, 6.07) is 1.66. The number of hydrogen-bond acceptors (Lipinski definition) is 11. The highest BCUT2D eigenvalue weighted by molar-refractivity contribution is 7.66. The van der Waals surface area contributed by atoms with Crippen molar-refractivity contribution in [3.8, 4) is 0 Å². The number of aliphatic hydroxyl groups excluding tert-OH is 2. The summed E-state index contributed by atoms with van der Waals surface area (Å²) >= 11 is 0. The van der Waals surface area contributed by atoms with Gasteiger partial charge in [0.25, 0.3) is 0 Å². The predicted molar refractivity (Wildman–Crippen MR) is 98.0 cm³/mol. The number of ether oxygens (including phenoxy) is 1. The number of phosphoric acid groups is 3. The minimum atomic E-state index is -5.68. The number of rotatable bonds is 8. The van der Waals surface area contributed by atoms with Crippen LogP contribution in [0.4, 0.5) is 0 Å². The molecule has 0 amide bonds. The van der Waals surface area contributed by atoms with E-state index in [-0.39, 0.29) is 0 Å². The second-order valence-electron chi connectivity index (χ2n) is 6.35. The monoisotopic (exact) mass is 505 g/mol. The molecule has 1 aliphatic heterocycles. The zero-order valence-corrected chi connectivity index (χ0v) is 18.2. The van der Waals surface area contributed by atoms with Crippen molar-refractivity contribution < 1.29 is 61.4 Å². The van der Waals surface area contributed by atoms with Crippen molar-refractivity contribution in [2.24, 2.45) is 0 Å². The third kappa shape index (κ3) is 5.83. The molecule has 174 valence electrons. The largest absolute Gasteiger partial charge is 0.490 e. The molecule has 3 rings (SSSR count). The molecule has 1 aliphatic rings. The molecule has 2 aromatic heterocycles. The van der Waals surface area contributed by atoms with Gasteiger partial charge in [-0.3, -0.25) is 4.52 Å². The molecule has 19 heteroatoms. The van der Waals surface area contributed by atoms with E-state index in [0.717, 1.165) is 0 Å². The Morgan fingerprint density at radius 3 is 2.39 bits per heavy atom. The molecule has 2 aromatic rings. The molecule has 16 nitrogen and oxygen atoms in total. The Morgan fingerprint density at radius 2 is 1.74 bits per heavy atom. The van der Waals surface area contributed by atoms with Crippen LogP contribution in [0.5, 0.6) is 0 Å². The third-order valence-electron chi connectivity index (χ3n) is 4.14. The standard InChI is InChI=1S/C12H18N3O13P3/c1-6-7-2-3-15(11(7)14-5-13-6)12-10(17)9(16)8(26-12)4-25-30(21,22)28-31(23,24)27-29(18,19)20/h2-3,5,8-10,12,16-17H,4H2,1H3,(H,21,22)(H,23,24)(H2,18,19,20)/t8-,9-,10-,12-/m1/s1. The number of hydrogen-bond donors (Lipinski definition) is 6. The van der Waals surface area contributed by atoms with Crippen LogP contribution in [0.2, 0.25) is 0 Å². The van der Waals surface area contributed by atoms with Gasteiger partial charge in [0.05, 0.1) is 12.3 Å². The number of aliphatic hydroxyl groups is 2. The quantitative estimate of drug-likeness (QED) is 0.252. The van der Waals surface area contributed by atoms with Gasteiger partial charge in [-0.1, -0.05) is 0 Å². The number of aryl methyl sites for hydroxylation is 1. The highest BCUT2D eigenvalue weighted by Gasteiger charge is 2.46. The smallest absolute Gasteiger partial charge is 0.387 e. The zero-order valence-electron chi connectivity index (χ0n) is 15.5. The van der Waals surface area contributed by atoms with Crippen LogP contribution in [0.25, 0.3) is 11.0 Å². The van der Waals surface area contributed by atoms with Crippen LogP contribution in [0.1, 0.15) is 11.9 Å². The molecule has 6 atom stereocenters. The number of aromatic nitrogens is 3. The predicted octanol–water partition coefficient (Wildman–Crippen LogP) is -0.298. The molecule has 0 aliphatic carbocycles. The average molecular weight is 505 g/mol. The summed E-state index contributed by atoms with van der Waals surface area (Å²) in [5.41, 5.74) is 1.04. The molecule has 6 N–H and O–H groups in total. The number of nitrogens with zero attached hydrogens (tertiary/aromatic N) is 3. The van der Waals surface area contributed by atoms with Crippen molar-refractivity contribution in [3.63, 3.8) is 0 Å². The first kappa shape index (κ1) is 24.6. The molecule has 0 radical (unpaired) electrons. The van der Waals surface area contributed by atoms with E-state index in [9.17, 15) is 28.8 Å². The van der Waals surface area contributed by atoms with Crippen LogP contribution in [0, 0.1) is 6.92 Å². The van der Waals surface area contributed by atoms with Crippen molar-refractivity contribution in [2.75, 3.05) is 6.61 Å². The molecule has 0 aromatic carbocycles. The van der Waals surface area contributed by atoms with E-state index in [1.807, 2.05) is 0 Å². The molecule has 1 fully saturated rings. The van der Waals surface area contributed by atoms with E-state index in [1.54, 1.807) is 13.0 Å². The van der Waals surface area contributed by atoms with Crippen LogP contribution in [-0.4, -0.2) is 69.2 Å². The van der Waals surface area contributed by atoms with Crippen molar-refractivity contribution >= 4 is 34.5 Å². The second kappa shape index (κ2) is 8.69. The maximum Gasteiger partial charge on any atom is 0.490 e. The number of phosphoric ester groups is 1. The molecule has 2 unspecified atom stereocenters. The Morgan fingerprint density at radius 1 is 1.06 bits per heavy atom. The Bertz CT molecular complexity index is 1100. The van der Waals surface area contributed by atoms with Gasteiger partial charge in [0.15, 0.2) is 6.23 Å². The van der Waals surface area contributed by atoms with E-state index in [1.165, 1.54) is 17.1 Å². The average Bonchev–Trinajstić information content (AvgIpc) is 3.13. The van der Waals surface area contributed by atoms with E-state index in [4.69, 9.17) is 19.4 Å². The summed E-state index contributed by atoms with van der Waals surface area (Å²) in [7, 11) is -16.6. The molecular formula is C12H18N3O13P3. The summed E-state index contributed by atoms with van der Waals surface area (Å²) < 4.78 is 52.3. The molecule has 31 heavy (non-hydrogen) atoms. The normalized spacial score (nSPS) is 28.5. The van der Waals surface area contributed by atoms with Gasteiger partial charge in [-0.15, -0.1) is 0 Å². The van der Waals surface area contributed by atoms with Gasteiger partial charge in [-0.25, -0.2) is 23.7 Å². The Balaban J connectivity index is 1.69. The van der Waals surface area contributed by atoms with E-state index < -0.39 is 54.6 Å². The summed E-state index contributed by atoms with van der Waals surface area (Å²) in [6.07, 6.45) is -2.88. The Labute approximate surface area is 173 Å². The summed E-state index contributed by atoms with van der Waals surface area (Å²) in [6.45, 7) is 0.826. The first-order valence-electron chi connectivity index (χ1n) is 8.27. The molecular weight excluding hydrogens is 487 g/mol. The van der Waals surface area contributed by atoms with Crippen LogP contribution in [0.3, 0.4) is 0 Å². The Kier molecular flexibility index (Phi) is 6.88. The van der Waals surface area contributed by atoms with Gasteiger partial charge in [0.2, 0.25) is 0 Å². The SMILES string of the molecule is Cc1ncnc2c1ccn2[C@@H]1O[C@H](COP(=O)(O)OP(=O)(O)OP(=O)(O)O)[C@@H](O)[C@H]1O. The van der Waals surface area contributed by atoms with E-state index in [2.05, 4.69) is 23.1 Å². The molecule has 0 saturated carbocycles. The summed E-state index contributed by atoms with van der Waals surface area (Å²) in [4.78, 5) is 43.8. The van der Waals surface area contributed by atoms with Crippen LogP contribution < -0.4 is 0 Å². The van der Waals surface area contributed by atoms with Crippen molar-refractivity contribution in [3.05, 3.63) is 24.3 Å². The summed E-state index contributed by atoms with van der Waals surface area (Å²) in [5.74, 6) is 0. The van der Waals surface area contributed by atoms with Crippen LogP contribution in [-0.2, 0) is 31.6 Å².